The summed E-state index contributed by atoms with van der Waals surface area (Å²) in [5.41, 5.74) is 0.577. The molecule has 2 nitrogen and oxygen atoms in total. The molecule has 1 aliphatic carbocycles. The first-order valence-corrected chi connectivity index (χ1v) is 6.69. The minimum Gasteiger partial charge on any atom is -0.388 e. The van der Waals surface area contributed by atoms with E-state index in [9.17, 15) is 5.11 Å². The van der Waals surface area contributed by atoms with E-state index in [4.69, 9.17) is 0 Å². The Morgan fingerprint density at radius 3 is 2.38 bits per heavy atom. The highest BCUT2D eigenvalue weighted by molar-refractivity contribution is 9.10. The van der Waals surface area contributed by atoms with E-state index < -0.39 is 5.60 Å². The number of benzene rings is 1. The predicted octanol–water partition coefficient (Wildman–Crippen LogP) is 3.56. The van der Waals surface area contributed by atoms with Crippen LogP contribution in [0.2, 0.25) is 0 Å². The zero-order valence-electron chi connectivity index (χ0n) is 9.38. The quantitative estimate of drug-likeness (QED) is 0.889. The lowest BCUT2D eigenvalue weighted by Gasteiger charge is -2.32. The molecule has 1 fully saturated rings. The molecule has 0 amide bonds. The van der Waals surface area contributed by atoms with Gasteiger partial charge in [0.05, 0.1) is 5.60 Å². The minimum atomic E-state index is -0.495. The normalized spacial score (nSPS) is 19.4. The van der Waals surface area contributed by atoms with E-state index in [2.05, 4.69) is 21.2 Å². The van der Waals surface area contributed by atoms with Gasteiger partial charge in [0.15, 0.2) is 0 Å². The van der Waals surface area contributed by atoms with Gasteiger partial charge >= 0.3 is 0 Å². The Bertz CT molecular complexity index is 330. The Morgan fingerprint density at radius 1 is 1.12 bits per heavy atom. The van der Waals surface area contributed by atoms with E-state index in [0.717, 1.165) is 35.8 Å². The summed E-state index contributed by atoms with van der Waals surface area (Å²) in [5.74, 6) is 0. The molecule has 3 heteroatoms. The molecule has 1 aromatic carbocycles. The molecular weight excluding hydrogens is 266 g/mol. The van der Waals surface area contributed by atoms with Crippen molar-refractivity contribution in [2.24, 2.45) is 0 Å². The minimum absolute atomic E-state index is 0.495. The molecule has 16 heavy (non-hydrogen) atoms. The lowest BCUT2D eigenvalue weighted by molar-refractivity contribution is 0.0167. The highest BCUT2D eigenvalue weighted by atomic mass is 79.9. The Kier molecular flexibility index (Phi) is 3.87. The SMILES string of the molecule is OC1(CNc2ccc(Br)cc2)CCCCC1. The summed E-state index contributed by atoms with van der Waals surface area (Å²) in [6.07, 6.45) is 5.42. The van der Waals surface area contributed by atoms with E-state index >= 15 is 0 Å². The van der Waals surface area contributed by atoms with Crippen molar-refractivity contribution in [3.63, 3.8) is 0 Å². The summed E-state index contributed by atoms with van der Waals surface area (Å²) in [6, 6.07) is 8.06. The van der Waals surface area contributed by atoms with Crippen LogP contribution in [0.5, 0.6) is 0 Å². The molecule has 88 valence electrons. The van der Waals surface area contributed by atoms with Crippen molar-refractivity contribution in [1.29, 1.82) is 0 Å². The highest BCUT2D eigenvalue weighted by Crippen LogP contribution is 2.28. The molecule has 2 rings (SSSR count). The first-order valence-electron chi connectivity index (χ1n) is 5.90. The Morgan fingerprint density at radius 2 is 1.75 bits per heavy atom. The fourth-order valence-corrected chi connectivity index (χ4v) is 2.49. The zero-order valence-corrected chi connectivity index (χ0v) is 11.0. The molecule has 0 atom stereocenters. The molecule has 1 aliphatic rings. The van der Waals surface area contributed by atoms with Crippen molar-refractivity contribution in [2.45, 2.75) is 37.7 Å². The van der Waals surface area contributed by atoms with Crippen LogP contribution in [-0.4, -0.2) is 17.3 Å². The van der Waals surface area contributed by atoms with Gasteiger partial charge in [0.2, 0.25) is 0 Å². The average Bonchev–Trinajstić information content (AvgIpc) is 2.29. The number of anilines is 1. The zero-order chi connectivity index (χ0) is 11.4. The molecule has 0 heterocycles. The number of halogens is 1. The van der Waals surface area contributed by atoms with Crippen LogP contribution in [0.15, 0.2) is 28.7 Å². The first-order chi connectivity index (χ1) is 7.68. The van der Waals surface area contributed by atoms with Crippen LogP contribution in [0.1, 0.15) is 32.1 Å². The number of aliphatic hydroxyl groups is 1. The summed E-state index contributed by atoms with van der Waals surface area (Å²) in [4.78, 5) is 0. The molecule has 0 bridgehead atoms. The van der Waals surface area contributed by atoms with E-state index in [1.807, 2.05) is 24.3 Å². The van der Waals surface area contributed by atoms with E-state index in [1.165, 1.54) is 6.42 Å². The summed E-state index contributed by atoms with van der Waals surface area (Å²) < 4.78 is 1.08. The Balaban J connectivity index is 1.88. The predicted molar refractivity (Wildman–Crippen MR) is 70.7 cm³/mol. The third-order valence-corrected chi connectivity index (χ3v) is 3.78. The van der Waals surface area contributed by atoms with Gasteiger partial charge in [-0.1, -0.05) is 35.2 Å². The molecule has 0 aliphatic heterocycles. The molecule has 2 N–H and O–H groups in total. The van der Waals surface area contributed by atoms with Crippen LogP contribution in [0, 0.1) is 0 Å². The standard InChI is InChI=1S/C13H18BrNO/c14-11-4-6-12(7-5-11)15-10-13(16)8-2-1-3-9-13/h4-7,15-16H,1-3,8-10H2. The number of hydrogen-bond acceptors (Lipinski definition) is 2. The van der Waals surface area contributed by atoms with Gasteiger partial charge in [-0.15, -0.1) is 0 Å². The second kappa shape index (κ2) is 5.19. The van der Waals surface area contributed by atoms with Crippen LogP contribution in [0.25, 0.3) is 0 Å². The molecular formula is C13H18BrNO. The Labute approximate surface area is 105 Å². The molecule has 1 saturated carbocycles. The van der Waals surface area contributed by atoms with Gasteiger partial charge in [-0.25, -0.2) is 0 Å². The van der Waals surface area contributed by atoms with Crippen molar-refractivity contribution < 1.29 is 5.11 Å². The fourth-order valence-electron chi connectivity index (χ4n) is 2.22. The molecule has 1 aromatic rings. The van der Waals surface area contributed by atoms with Crippen molar-refractivity contribution >= 4 is 21.6 Å². The second-order valence-corrected chi connectivity index (χ2v) is 5.56. The van der Waals surface area contributed by atoms with Crippen LogP contribution in [0.3, 0.4) is 0 Å². The number of rotatable bonds is 3. The molecule has 0 aromatic heterocycles. The summed E-state index contributed by atoms with van der Waals surface area (Å²) >= 11 is 3.41. The van der Waals surface area contributed by atoms with Gasteiger partial charge < -0.3 is 10.4 Å². The third kappa shape index (κ3) is 3.22. The van der Waals surface area contributed by atoms with E-state index in [-0.39, 0.29) is 0 Å². The topological polar surface area (TPSA) is 32.3 Å². The summed E-state index contributed by atoms with van der Waals surface area (Å²) in [5, 5.41) is 13.6. The van der Waals surface area contributed by atoms with Crippen molar-refractivity contribution in [3.05, 3.63) is 28.7 Å². The third-order valence-electron chi connectivity index (χ3n) is 3.25. The highest BCUT2D eigenvalue weighted by Gasteiger charge is 2.28. The maximum Gasteiger partial charge on any atom is 0.0819 e. The largest absolute Gasteiger partial charge is 0.388 e. The number of nitrogens with one attached hydrogen (secondary N) is 1. The smallest absolute Gasteiger partial charge is 0.0819 e. The van der Waals surface area contributed by atoms with Gasteiger partial charge in [-0.05, 0) is 37.1 Å². The maximum absolute atomic E-state index is 10.3. The average molecular weight is 284 g/mol. The van der Waals surface area contributed by atoms with Crippen LogP contribution in [0.4, 0.5) is 5.69 Å². The van der Waals surface area contributed by atoms with Crippen molar-refractivity contribution in [3.8, 4) is 0 Å². The number of hydrogen-bond donors (Lipinski definition) is 2. The van der Waals surface area contributed by atoms with E-state index in [0.29, 0.717) is 6.54 Å². The van der Waals surface area contributed by atoms with Gasteiger partial charge in [0.25, 0.3) is 0 Å². The second-order valence-electron chi connectivity index (χ2n) is 4.65. The van der Waals surface area contributed by atoms with Gasteiger partial charge in [0, 0.05) is 16.7 Å². The van der Waals surface area contributed by atoms with Gasteiger partial charge in [0.1, 0.15) is 0 Å². The Hall–Kier alpha value is -0.540. The van der Waals surface area contributed by atoms with Crippen LogP contribution < -0.4 is 5.32 Å². The first kappa shape index (κ1) is 11.9. The molecule has 0 spiro atoms. The summed E-state index contributed by atoms with van der Waals surface area (Å²) in [6.45, 7) is 0.661. The van der Waals surface area contributed by atoms with Crippen molar-refractivity contribution in [2.75, 3.05) is 11.9 Å². The van der Waals surface area contributed by atoms with Gasteiger partial charge in [-0.2, -0.15) is 0 Å². The molecule has 0 radical (unpaired) electrons. The molecule has 0 saturated heterocycles. The van der Waals surface area contributed by atoms with Crippen LogP contribution in [-0.2, 0) is 0 Å². The van der Waals surface area contributed by atoms with Gasteiger partial charge in [-0.3, -0.25) is 0 Å². The maximum atomic E-state index is 10.3. The lowest BCUT2D eigenvalue weighted by Crippen LogP contribution is -2.38. The summed E-state index contributed by atoms with van der Waals surface area (Å²) in [7, 11) is 0. The van der Waals surface area contributed by atoms with Crippen LogP contribution >= 0.6 is 15.9 Å². The van der Waals surface area contributed by atoms with E-state index in [1.54, 1.807) is 0 Å². The monoisotopic (exact) mass is 283 g/mol. The van der Waals surface area contributed by atoms with Crippen molar-refractivity contribution in [1.82, 2.24) is 0 Å². The fraction of sp³-hybridized carbons (Fsp3) is 0.538. The molecule has 0 unspecified atom stereocenters. The lowest BCUT2D eigenvalue weighted by atomic mass is 9.85.